The lowest BCUT2D eigenvalue weighted by Gasteiger charge is -2.18. The standard InChI is InChI=1S/C16H18FN3O/c1-3-20(4-2)16(21)15-10-9-12(11-18-15)19-14-8-6-5-7-13(14)17/h5-11,19H,3-4H2,1-2H3. The Bertz CT molecular complexity index is 609. The van der Waals surface area contributed by atoms with E-state index < -0.39 is 0 Å². The molecular formula is C16H18FN3O. The molecule has 1 heterocycles. The highest BCUT2D eigenvalue weighted by Crippen LogP contribution is 2.19. The first-order chi connectivity index (χ1) is 10.2. The van der Waals surface area contributed by atoms with E-state index in [0.29, 0.717) is 30.2 Å². The van der Waals surface area contributed by atoms with Crippen molar-refractivity contribution >= 4 is 17.3 Å². The van der Waals surface area contributed by atoms with E-state index in [2.05, 4.69) is 10.3 Å². The quantitative estimate of drug-likeness (QED) is 0.916. The molecule has 1 amide bonds. The van der Waals surface area contributed by atoms with Gasteiger partial charge in [-0.15, -0.1) is 0 Å². The van der Waals surface area contributed by atoms with Crippen molar-refractivity contribution in [2.45, 2.75) is 13.8 Å². The van der Waals surface area contributed by atoms with Crippen LogP contribution in [0.1, 0.15) is 24.3 Å². The zero-order valence-corrected chi connectivity index (χ0v) is 12.1. The summed E-state index contributed by atoms with van der Waals surface area (Å²) in [4.78, 5) is 18.0. The van der Waals surface area contributed by atoms with Gasteiger partial charge in [-0.1, -0.05) is 12.1 Å². The fourth-order valence-corrected chi connectivity index (χ4v) is 1.99. The highest BCUT2D eigenvalue weighted by molar-refractivity contribution is 5.92. The van der Waals surface area contributed by atoms with Gasteiger partial charge in [0.15, 0.2) is 0 Å². The molecule has 0 fully saturated rings. The second-order valence-electron chi connectivity index (χ2n) is 4.51. The van der Waals surface area contributed by atoms with Gasteiger partial charge in [0.1, 0.15) is 11.5 Å². The van der Waals surface area contributed by atoms with Gasteiger partial charge in [-0.25, -0.2) is 9.37 Å². The Hall–Kier alpha value is -2.43. The van der Waals surface area contributed by atoms with Crippen LogP contribution in [0.25, 0.3) is 0 Å². The maximum absolute atomic E-state index is 13.5. The number of nitrogens with zero attached hydrogens (tertiary/aromatic N) is 2. The van der Waals surface area contributed by atoms with Crippen molar-refractivity contribution in [3.05, 3.63) is 54.1 Å². The molecule has 0 radical (unpaired) electrons. The molecule has 21 heavy (non-hydrogen) atoms. The van der Waals surface area contributed by atoms with E-state index in [4.69, 9.17) is 0 Å². The van der Waals surface area contributed by atoms with E-state index in [1.165, 1.54) is 12.3 Å². The number of carbonyl (C=O) groups is 1. The Morgan fingerprint density at radius 2 is 1.90 bits per heavy atom. The minimum atomic E-state index is -0.333. The van der Waals surface area contributed by atoms with Gasteiger partial charge in [0, 0.05) is 13.1 Å². The van der Waals surface area contributed by atoms with E-state index in [0.717, 1.165) is 0 Å². The number of aromatic nitrogens is 1. The summed E-state index contributed by atoms with van der Waals surface area (Å²) in [5.41, 5.74) is 1.40. The second-order valence-corrected chi connectivity index (χ2v) is 4.51. The number of carbonyl (C=O) groups excluding carboxylic acids is 1. The fourth-order valence-electron chi connectivity index (χ4n) is 1.99. The Morgan fingerprint density at radius 3 is 2.48 bits per heavy atom. The van der Waals surface area contributed by atoms with Crippen molar-refractivity contribution in [1.29, 1.82) is 0 Å². The number of nitrogens with one attached hydrogen (secondary N) is 1. The smallest absolute Gasteiger partial charge is 0.272 e. The first-order valence-electron chi connectivity index (χ1n) is 6.92. The molecule has 110 valence electrons. The normalized spacial score (nSPS) is 10.2. The molecule has 0 aliphatic rings. The second kappa shape index (κ2) is 6.83. The van der Waals surface area contributed by atoms with Crippen molar-refractivity contribution in [2.24, 2.45) is 0 Å². The van der Waals surface area contributed by atoms with Crippen LogP contribution in [-0.4, -0.2) is 28.9 Å². The monoisotopic (exact) mass is 287 g/mol. The number of hydrogen-bond acceptors (Lipinski definition) is 3. The first kappa shape index (κ1) is 15.0. The van der Waals surface area contributed by atoms with Gasteiger partial charge in [0.2, 0.25) is 0 Å². The zero-order valence-electron chi connectivity index (χ0n) is 12.1. The van der Waals surface area contributed by atoms with Gasteiger partial charge in [0.05, 0.1) is 17.6 Å². The van der Waals surface area contributed by atoms with Gasteiger partial charge in [-0.3, -0.25) is 4.79 Å². The van der Waals surface area contributed by atoms with Crippen LogP contribution in [0.2, 0.25) is 0 Å². The molecule has 2 rings (SSSR count). The average Bonchev–Trinajstić information content (AvgIpc) is 2.51. The summed E-state index contributed by atoms with van der Waals surface area (Å²) in [6.07, 6.45) is 1.53. The minimum Gasteiger partial charge on any atom is -0.352 e. The van der Waals surface area contributed by atoms with Gasteiger partial charge >= 0.3 is 0 Å². The maximum Gasteiger partial charge on any atom is 0.272 e. The molecule has 0 aliphatic carbocycles. The molecule has 0 saturated carbocycles. The summed E-state index contributed by atoms with van der Waals surface area (Å²) < 4.78 is 13.5. The fraction of sp³-hybridized carbons (Fsp3) is 0.250. The molecule has 0 bridgehead atoms. The van der Waals surface area contributed by atoms with E-state index in [1.54, 1.807) is 35.2 Å². The summed E-state index contributed by atoms with van der Waals surface area (Å²) in [7, 11) is 0. The third-order valence-electron chi connectivity index (χ3n) is 3.19. The highest BCUT2D eigenvalue weighted by Gasteiger charge is 2.13. The molecule has 0 saturated heterocycles. The summed E-state index contributed by atoms with van der Waals surface area (Å²) >= 11 is 0. The summed E-state index contributed by atoms with van der Waals surface area (Å²) in [5, 5.41) is 2.93. The molecule has 2 aromatic rings. The Balaban J connectivity index is 2.12. The lowest BCUT2D eigenvalue weighted by Crippen LogP contribution is -2.31. The SMILES string of the molecule is CCN(CC)C(=O)c1ccc(Nc2ccccc2F)cn1. The van der Waals surface area contributed by atoms with E-state index >= 15 is 0 Å². The third-order valence-corrected chi connectivity index (χ3v) is 3.19. The number of anilines is 2. The van der Waals surface area contributed by atoms with Crippen molar-refractivity contribution in [1.82, 2.24) is 9.88 Å². The molecule has 0 aliphatic heterocycles. The Morgan fingerprint density at radius 1 is 1.19 bits per heavy atom. The topological polar surface area (TPSA) is 45.2 Å². The van der Waals surface area contributed by atoms with Gasteiger partial charge in [0.25, 0.3) is 5.91 Å². The summed E-state index contributed by atoms with van der Waals surface area (Å²) in [6, 6.07) is 9.76. The van der Waals surface area contributed by atoms with Crippen LogP contribution < -0.4 is 5.32 Å². The number of para-hydroxylation sites is 1. The lowest BCUT2D eigenvalue weighted by molar-refractivity contribution is 0.0767. The molecular weight excluding hydrogens is 269 g/mol. The molecule has 4 nitrogen and oxygen atoms in total. The largest absolute Gasteiger partial charge is 0.352 e. The van der Waals surface area contributed by atoms with Crippen LogP contribution in [0.3, 0.4) is 0 Å². The van der Waals surface area contributed by atoms with Crippen LogP contribution in [-0.2, 0) is 0 Å². The lowest BCUT2D eigenvalue weighted by atomic mass is 10.2. The highest BCUT2D eigenvalue weighted by atomic mass is 19.1. The first-order valence-corrected chi connectivity index (χ1v) is 6.92. The zero-order chi connectivity index (χ0) is 15.2. The predicted molar refractivity (Wildman–Crippen MR) is 81.2 cm³/mol. The van der Waals surface area contributed by atoms with Gasteiger partial charge < -0.3 is 10.2 Å². The number of rotatable bonds is 5. The maximum atomic E-state index is 13.5. The molecule has 5 heteroatoms. The van der Waals surface area contributed by atoms with Crippen LogP contribution in [0, 0.1) is 5.82 Å². The van der Waals surface area contributed by atoms with Crippen molar-refractivity contribution in [2.75, 3.05) is 18.4 Å². The van der Waals surface area contributed by atoms with Crippen LogP contribution >= 0.6 is 0 Å². The van der Waals surface area contributed by atoms with Crippen LogP contribution in [0.4, 0.5) is 15.8 Å². The summed E-state index contributed by atoms with van der Waals surface area (Å²) in [5.74, 6) is -0.432. The Labute approximate surface area is 123 Å². The van der Waals surface area contributed by atoms with E-state index in [-0.39, 0.29) is 11.7 Å². The van der Waals surface area contributed by atoms with Crippen molar-refractivity contribution in [3.63, 3.8) is 0 Å². The number of amides is 1. The van der Waals surface area contributed by atoms with Gasteiger partial charge in [-0.05, 0) is 38.1 Å². The van der Waals surface area contributed by atoms with Gasteiger partial charge in [-0.2, -0.15) is 0 Å². The molecule has 0 atom stereocenters. The number of benzene rings is 1. The number of halogens is 1. The molecule has 1 aromatic carbocycles. The number of hydrogen-bond donors (Lipinski definition) is 1. The van der Waals surface area contributed by atoms with Crippen molar-refractivity contribution < 1.29 is 9.18 Å². The molecule has 1 aromatic heterocycles. The van der Waals surface area contributed by atoms with Crippen LogP contribution in [0.15, 0.2) is 42.6 Å². The minimum absolute atomic E-state index is 0.0996. The number of pyridine rings is 1. The predicted octanol–water partition coefficient (Wildman–Crippen LogP) is 3.45. The van der Waals surface area contributed by atoms with E-state index in [1.807, 2.05) is 13.8 Å². The summed E-state index contributed by atoms with van der Waals surface area (Å²) in [6.45, 7) is 5.14. The third kappa shape index (κ3) is 3.56. The van der Waals surface area contributed by atoms with E-state index in [9.17, 15) is 9.18 Å². The molecule has 1 N–H and O–H groups in total. The van der Waals surface area contributed by atoms with Crippen molar-refractivity contribution in [3.8, 4) is 0 Å². The van der Waals surface area contributed by atoms with Crippen LogP contribution in [0.5, 0.6) is 0 Å². The Kier molecular flexibility index (Phi) is 4.87. The molecule has 0 spiro atoms. The average molecular weight is 287 g/mol. The molecule has 0 unspecified atom stereocenters.